The van der Waals surface area contributed by atoms with Gasteiger partial charge in [-0.05, 0) is 23.7 Å². The smallest absolute Gasteiger partial charge is 0.0838 e. The minimum absolute atomic E-state index is 0.632. The number of aliphatic imine (C=N–C) groups is 1. The Kier molecular flexibility index (Phi) is 4.11. The van der Waals surface area contributed by atoms with Gasteiger partial charge in [-0.2, -0.15) is 4.37 Å². The first kappa shape index (κ1) is 15.1. The van der Waals surface area contributed by atoms with Crippen LogP contribution in [-0.2, 0) is 0 Å². The second kappa shape index (κ2) is 6.56. The van der Waals surface area contributed by atoms with E-state index in [4.69, 9.17) is 16.6 Å². The van der Waals surface area contributed by atoms with E-state index in [1.54, 1.807) is 0 Å². The topological polar surface area (TPSA) is 25.2 Å². The number of hydrogen-bond acceptors (Lipinski definition) is 3. The largest absolute Gasteiger partial charge is 0.246 e. The van der Waals surface area contributed by atoms with Crippen LogP contribution in [0.5, 0.6) is 0 Å². The van der Waals surface area contributed by atoms with Gasteiger partial charge >= 0.3 is 0 Å². The van der Waals surface area contributed by atoms with E-state index in [2.05, 4.69) is 28.6 Å². The molecule has 0 atom stereocenters. The summed E-state index contributed by atoms with van der Waals surface area (Å²) in [6, 6.07) is 24.2. The van der Waals surface area contributed by atoms with Crippen LogP contribution in [0, 0.1) is 0 Å². The summed E-state index contributed by atoms with van der Waals surface area (Å²) >= 11 is 7.90. The molecule has 24 heavy (non-hydrogen) atoms. The van der Waals surface area contributed by atoms with E-state index >= 15 is 0 Å². The first-order valence-corrected chi connectivity index (χ1v) is 8.70. The highest BCUT2D eigenvalue weighted by molar-refractivity contribution is 7.13. The van der Waals surface area contributed by atoms with Gasteiger partial charge in [-0.15, -0.1) is 0 Å². The summed E-state index contributed by atoms with van der Waals surface area (Å²) in [5, 5.41) is 1.68. The molecule has 0 aliphatic heterocycles. The number of nitrogens with zero attached hydrogens (tertiary/aromatic N) is 2. The molecule has 4 aromatic rings. The third kappa shape index (κ3) is 2.96. The van der Waals surface area contributed by atoms with Gasteiger partial charge in [-0.25, -0.2) is 4.99 Å². The second-order valence-electron chi connectivity index (χ2n) is 5.36. The molecular weight excluding hydrogens is 336 g/mol. The van der Waals surface area contributed by atoms with Gasteiger partial charge in [0.1, 0.15) is 0 Å². The van der Waals surface area contributed by atoms with Gasteiger partial charge in [0, 0.05) is 22.7 Å². The maximum Gasteiger partial charge on any atom is 0.0838 e. The van der Waals surface area contributed by atoms with Crippen molar-refractivity contribution in [2.45, 2.75) is 0 Å². The lowest BCUT2D eigenvalue weighted by molar-refractivity contribution is 1.49. The van der Waals surface area contributed by atoms with E-state index in [9.17, 15) is 0 Å². The van der Waals surface area contributed by atoms with Crippen LogP contribution in [0.15, 0.2) is 84.0 Å². The molecule has 0 saturated heterocycles. The third-order valence-electron chi connectivity index (χ3n) is 3.75. The zero-order valence-corrected chi connectivity index (χ0v) is 14.3. The Morgan fingerprint density at radius 1 is 0.875 bits per heavy atom. The molecule has 1 aromatic heterocycles. The highest BCUT2D eigenvalue weighted by Crippen LogP contribution is 2.33. The fraction of sp³-hybridized carbons (Fsp3) is 0. The Balaban J connectivity index is 1.91. The van der Waals surface area contributed by atoms with Crippen molar-refractivity contribution in [2.75, 3.05) is 0 Å². The summed E-state index contributed by atoms with van der Waals surface area (Å²) in [5.41, 5.74) is 3.78. The highest BCUT2D eigenvalue weighted by Gasteiger charge is 2.10. The summed E-state index contributed by atoms with van der Waals surface area (Å²) in [6.07, 6.45) is 1.83. The quantitative estimate of drug-likeness (QED) is 0.409. The van der Waals surface area contributed by atoms with E-state index in [1.165, 1.54) is 11.5 Å². The highest BCUT2D eigenvalue weighted by atomic mass is 35.5. The van der Waals surface area contributed by atoms with Gasteiger partial charge in [-0.3, -0.25) is 0 Å². The standard InChI is InChI=1S/C20H13ClN2S/c21-17-11-16-13-22-24-19(16)12-18(17)23-20(14-7-3-1-4-8-14)15-9-5-2-6-10-15/h1-13H. The van der Waals surface area contributed by atoms with E-state index in [0.717, 1.165) is 32.6 Å². The van der Waals surface area contributed by atoms with Crippen molar-refractivity contribution < 1.29 is 0 Å². The predicted octanol–water partition coefficient (Wildman–Crippen LogP) is 6.12. The van der Waals surface area contributed by atoms with Crippen LogP contribution in [0.3, 0.4) is 0 Å². The van der Waals surface area contributed by atoms with Crippen LogP contribution >= 0.6 is 23.1 Å². The molecule has 3 aromatic carbocycles. The molecule has 0 bridgehead atoms. The summed E-state index contributed by atoms with van der Waals surface area (Å²) in [7, 11) is 0. The lowest BCUT2D eigenvalue weighted by Crippen LogP contribution is -2.02. The lowest BCUT2D eigenvalue weighted by Gasteiger charge is -2.08. The normalized spacial score (nSPS) is 10.7. The summed E-state index contributed by atoms with van der Waals surface area (Å²) in [6.45, 7) is 0. The van der Waals surface area contributed by atoms with Crippen molar-refractivity contribution in [2.24, 2.45) is 4.99 Å². The molecule has 0 aliphatic rings. The third-order valence-corrected chi connectivity index (χ3v) is 4.81. The van der Waals surface area contributed by atoms with Gasteiger partial charge in [0.15, 0.2) is 0 Å². The van der Waals surface area contributed by atoms with Crippen LogP contribution in [0.25, 0.3) is 10.1 Å². The number of benzene rings is 3. The molecule has 2 nitrogen and oxygen atoms in total. The van der Waals surface area contributed by atoms with E-state index in [-0.39, 0.29) is 0 Å². The van der Waals surface area contributed by atoms with Crippen LogP contribution in [0.2, 0.25) is 5.02 Å². The molecule has 0 radical (unpaired) electrons. The summed E-state index contributed by atoms with van der Waals surface area (Å²) in [5.74, 6) is 0. The Bertz CT molecular complexity index is 966. The van der Waals surface area contributed by atoms with Crippen molar-refractivity contribution in [1.29, 1.82) is 0 Å². The average Bonchev–Trinajstić information content (AvgIpc) is 3.08. The summed E-state index contributed by atoms with van der Waals surface area (Å²) < 4.78 is 5.30. The number of fused-ring (bicyclic) bond motifs is 1. The Hall–Kier alpha value is -2.49. The van der Waals surface area contributed by atoms with E-state index < -0.39 is 0 Å². The van der Waals surface area contributed by atoms with Gasteiger partial charge < -0.3 is 0 Å². The molecule has 0 unspecified atom stereocenters. The SMILES string of the molecule is Clc1cc2cnsc2cc1N=C(c1ccccc1)c1ccccc1. The van der Waals surface area contributed by atoms with Gasteiger partial charge in [-0.1, -0.05) is 72.3 Å². The molecule has 0 amide bonds. The van der Waals surface area contributed by atoms with Gasteiger partial charge in [0.25, 0.3) is 0 Å². The minimum Gasteiger partial charge on any atom is -0.246 e. The maximum absolute atomic E-state index is 6.45. The zero-order chi connectivity index (χ0) is 16.4. The summed E-state index contributed by atoms with van der Waals surface area (Å²) in [4.78, 5) is 4.89. The van der Waals surface area contributed by atoms with Crippen LogP contribution in [0.1, 0.15) is 11.1 Å². The molecule has 4 heteroatoms. The molecule has 0 saturated carbocycles. The van der Waals surface area contributed by atoms with Crippen molar-refractivity contribution in [1.82, 2.24) is 4.37 Å². The lowest BCUT2D eigenvalue weighted by atomic mass is 10.0. The fourth-order valence-corrected chi connectivity index (χ4v) is 3.45. The molecule has 0 fully saturated rings. The molecular formula is C20H13ClN2S. The van der Waals surface area contributed by atoms with Crippen molar-refractivity contribution in [3.05, 3.63) is 95.1 Å². The number of halogens is 1. The number of hydrogen-bond donors (Lipinski definition) is 0. The Morgan fingerprint density at radius 3 is 2.12 bits per heavy atom. The zero-order valence-electron chi connectivity index (χ0n) is 12.7. The van der Waals surface area contributed by atoms with Crippen LogP contribution in [0.4, 0.5) is 5.69 Å². The maximum atomic E-state index is 6.45. The first-order chi connectivity index (χ1) is 11.8. The second-order valence-corrected chi connectivity index (χ2v) is 6.60. The molecule has 1 heterocycles. The van der Waals surface area contributed by atoms with Gasteiger partial charge in [0.05, 0.1) is 21.1 Å². The van der Waals surface area contributed by atoms with E-state index in [1.807, 2.05) is 54.7 Å². The first-order valence-electron chi connectivity index (χ1n) is 7.55. The monoisotopic (exact) mass is 348 g/mol. The fourth-order valence-electron chi connectivity index (χ4n) is 2.57. The predicted molar refractivity (Wildman–Crippen MR) is 103 cm³/mol. The Labute approximate surface area is 149 Å². The molecule has 0 aliphatic carbocycles. The molecule has 4 rings (SSSR count). The van der Waals surface area contributed by atoms with Crippen molar-refractivity contribution in [3.8, 4) is 0 Å². The van der Waals surface area contributed by atoms with E-state index in [0.29, 0.717) is 5.02 Å². The van der Waals surface area contributed by atoms with Gasteiger partial charge in [0.2, 0.25) is 0 Å². The van der Waals surface area contributed by atoms with Crippen molar-refractivity contribution in [3.63, 3.8) is 0 Å². The molecule has 116 valence electrons. The number of aromatic nitrogens is 1. The average molecular weight is 349 g/mol. The molecule has 0 N–H and O–H groups in total. The van der Waals surface area contributed by atoms with Crippen molar-refractivity contribution >= 4 is 44.6 Å². The van der Waals surface area contributed by atoms with Crippen LogP contribution in [-0.4, -0.2) is 10.1 Å². The van der Waals surface area contributed by atoms with Crippen LogP contribution < -0.4 is 0 Å². The Morgan fingerprint density at radius 2 is 1.50 bits per heavy atom. The molecule has 0 spiro atoms. The number of rotatable bonds is 3. The minimum atomic E-state index is 0.632.